The van der Waals surface area contributed by atoms with Crippen molar-refractivity contribution in [1.82, 2.24) is 4.98 Å². The van der Waals surface area contributed by atoms with Gasteiger partial charge in [0.1, 0.15) is 5.75 Å². The lowest BCUT2D eigenvalue weighted by Crippen LogP contribution is -2.14. The maximum atomic E-state index is 12.8. The average molecular weight is 359 g/mol. The smallest absolute Gasteiger partial charge is 0.261 e. The number of hydrogen-bond donors (Lipinski definition) is 1. The molecule has 1 heterocycles. The summed E-state index contributed by atoms with van der Waals surface area (Å²) in [6.45, 7) is 6.42. The second kappa shape index (κ2) is 7.16. The van der Waals surface area contributed by atoms with E-state index >= 15 is 0 Å². The van der Waals surface area contributed by atoms with Crippen molar-refractivity contribution in [2.45, 2.75) is 58.3 Å². The molecule has 0 unspecified atom stereocenters. The van der Waals surface area contributed by atoms with Crippen molar-refractivity contribution in [3.63, 3.8) is 0 Å². The molecular weight excluding hydrogens is 332 g/mol. The molecule has 1 aromatic heterocycles. The third kappa shape index (κ3) is 4.03. The van der Waals surface area contributed by atoms with E-state index in [1.807, 2.05) is 18.3 Å². The number of aromatic nitrogens is 1. The summed E-state index contributed by atoms with van der Waals surface area (Å²) in [7, 11) is 1.62. The van der Waals surface area contributed by atoms with E-state index in [0.717, 1.165) is 17.7 Å². The molecule has 0 atom stereocenters. The molecule has 25 heavy (non-hydrogen) atoms. The normalized spacial score (nSPS) is 14.6. The maximum Gasteiger partial charge on any atom is 0.261 e. The Hall–Kier alpha value is -1.88. The predicted molar refractivity (Wildman–Crippen MR) is 103 cm³/mol. The molecule has 0 bridgehead atoms. The number of methoxy groups -OCH3 is 1. The molecule has 0 spiro atoms. The zero-order chi connectivity index (χ0) is 18.0. The second-order valence-electron chi connectivity index (χ2n) is 7.62. The number of carbonyl (C=O) groups is 1. The standard InChI is InChI=1S/C20H26N2O2S/c1-20(2,3)17-12-21-19(25-17)22-18(23)15-10-13-8-6-5-7-9-14(13)11-16(15)24-4/h10-12H,5-9H2,1-4H3,(H,21,22,23). The topological polar surface area (TPSA) is 51.2 Å². The number of ether oxygens (including phenoxy) is 1. The Morgan fingerprint density at radius 3 is 2.44 bits per heavy atom. The van der Waals surface area contributed by atoms with Crippen molar-refractivity contribution >= 4 is 22.4 Å². The minimum atomic E-state index is -0.154. The van der Waals surface area contributed by atoms with Crippen molar-refractivity contribution < 1.29 is 9.53 Å². The van der Waals surface area contributed by atoms with E-state index in [-0.39, 0.29) is 11.3 Å². The van der Waals surface area contributed by atoms with Crippen molar-refractivity contribution in [2.75, 3.05) is 12.4 Å². The van der Waals surface area contributed by atoms with E-state index in [1.165, 1.54) is 41.7 Å². The van der Waals surface area contributed by atoms with Gasteiger partial charge in [0.2, 0.25) is 0 Å². The number of fused-ring (bicyclic) bond motifs is 1. The van der Waals surface area contributed by atoms with Crippen LogP contribution < -0.4 is 10.1 Å². The number of amides is 1. The van der Waals surface area contributed by atoms with Crippen LogP contribution >= 0.6 is 11.3 Å². The van der Waals surface area contributed by atoms with Gasteiger partial charge in [-0.15, -0.1) is 11.3 Å². The number of hydrogen-bond acceptors (Lipinski definition) is 4. The fraction of sp³-hybridized carbons (Fsp3) is 0.500. The SMILES string of the molecule is COc1cc2c(cc1C(=O)Nc1ncc(C(C)(C)C)s1)CCCCC2. The fourth-order valence-corrected chi connectivity index (χ4v) is 4.00. The van der Waals surface area contributed by atoms with E-state index in [9.17, 15) is 4.79 Å². The highest BCUT2D eigenvalue weighted by Crippen LogP contribution is 2.32. The van der Waals surface area contributed by atoms with Crippen LogP contribution in [-0.4, -0.2) is 18.0 Å². The molecule has 0 aliphatic heterocycles. The number of nitrogens with zero attached hydrogens (tertiary/aromatic N) is 1. The number of thiazole rings is 1. The zero-order valence-electron chi connectivity index (χ0n) is 15.4. The molecule has 0 saturated carbocycles. The van der Waals surface area contributed by atoms with E-state index in [1.54, 1.807) is 7.11 Å². The first-order valence-corrected chi connectivity index (χ1v) is 9.67. The van der Waals surface area contributed by atoms with Gasteiger partial charge in [-0.2, -0.15) is 0 Å². The first kappa shape index (κ1) is 17.9. The van der Waals surface area contributed by atoms with Crippen LogP contribution in [0.5, 0.6) is 5.75 Å². The van der Waals surface area contributed by atoms with Crippen LogP contribution in [0.15, 0.2) is 18.3 Å². The Bertz CT molecular complexity index is 774. The summed E-state index contributed by atoms with van der Waals surface area (Å²) >= 11 is 1.52. The Balaban J connectivity index is 1.86. The summed E-state index contributed by atoms with van der Waals surface area (Å²) in [5.41, 5.74) is 3.21. The number of rotatable bonds is 3. The summed E-state index contributed by atoms with van der Waals surface area (Å²) in [6, 6.07) is 4.05. The third-order valence-electron chi connectivity index (χ3n) is 4.62. The molecule has 5 heteroatoms. The Morgan fingerprint density at radius 2 is 1.84 bits per heavy atom. The summed E-state index contributed by atoms with van der Waals surface area (Å²) in [4.78, 5) is 18.3. The quantitative estimate of drug-likeness (QED) is 0.788. The molecule has 1 N–H and O–H groups in total. The van der Waals surface area contributed by atoms with Crippen LogP contribution in [0.25, 0.3) is 0 Å². The van der Waals surface area contributed by atoms with E-state index in [0.29, 0.717) is 16.4 Å². The van der Waals surface area contributed by atoms with Gasteiger partial charge in [0, 0.05) is 11.1 Å². The van der Waals surface area contributed by atoms with Crippen molar-refractivity contribution in [2.24, 2.45) is 0 Å². The summed E-state index contributed by atoms with van der Waals surface area (Å²) in [5, 5.41) is 3.57. The molecule has 2 aromatic rings. The molecule has 1 aliphatic rings. The van der Waals surface area contributed by atoms with Crippen LogP contribution in [0.3, 0.4) is 0 Å². The highest BCUT2D eigenvalue weighted by Gasteiger charge is 2.21. The van der Waals surface area contributed by atoms with Gasteiger partial charge in [-0.1, -0.05) is 27.2 Å². The highest BCUT2D eigenvalue weighted by molar-refractivity contribution is 7.15. The summed E-state index contributed by atoms with van der Waals surface area (Å²) in [5.74, 6) is 0.490. The summed E-state index contributed by atoms with van der Waals surface area (Å²) in [6.07, 6.45) is 7.57. The van der Waals surface area contributed by atoms with Crippen LogP contribution in [0.2, 0.25) is 0 Å². The number of anilines is 1. The predicted octanol–water partition coefficient (Wildman–Crippen LogP) is 4.97. The van der Waals surface area contributed by atoms with Gasteiger partial charge in [-0.3, -0.25) is 10.1 Å². The minimum Gasteiger partial charge on any atom is -0.496 e. The summed E-state index contributed by atoms with van der Waals surface area (Å²) < 4.78 is 5.49. The fourth-order valence-electron chi connectivity index (χ4n) is 3.13. The largest absolute Gasteiger partial charge is 0.496 e. The van der Waals surface area contributed by atoms with Crippen molar-refractivity contribution in [1.29, 1.82) is 0 Å². The van der Waals surface area contributed by atoms with Crippen molar-refractivity contribution in [3.05, 3.63) is 39.9 Å². The Labute approximate surface area is 153 Å². The van der Waals surface area contributed by atoms with Gasteiger partial charge in [-0.25, -0.2) is 4.98 Å². The highest BCUT2D eigenvalue weighted by atomic mass is 32.1. The molecule has 3 rings (SSSR count). The van der Waals surface area contributed by atoms with Gasteiger partial charge in [-0.05, 0) is 54.4 Å². The van der Waals surface area contributed by atoms with E-state index in [4.69, 9.17) is 4.74 Å². The van der Waals surface area contributed by atoms with Crippen molar-refractivity contribution in [3.8, 4) is 5.75 Å². The van der Waals surface area contributed by atoms with Crippen LogP contribution in [0.1, 0.15) is 66.4 Å². The molecule has 1 amide bonds. The molecule has 4 nitrogen and oxygen atoms in total. The Morgan fingerprint density at radius 1 is 1.16 bits per heavy atom. The molecule has 0 saturated heterocycles. The lowest BCUT2D eigenvalue weighted by atomic mass is 9.96. The van der Waals surface area contributed by atoms with Gasteiger partial charge < -0.3 is 4.74 Å². The average Bonchev–Trinajstić information content (AvgIpc) is 2.91. The monoisotopic (exact) mass is 358 g/mol. The minimum absolute atomic E-state index is 0.0302. The molecule has 0 fully saturated rings. The van der Waals surface area contributed by atoms with Crippen LogP contribution in [0.4, 0.5) is 5.13 Å². The zero-order valence-corrected chi connectivity index (χ0v) is 16.3. The molecular formula is C20H26N2O2S. The number of benzene rings is 1. The molecule has 134 valence electrons. The second-order valence-corrected chi connectivity index (χ2v) is 8.65. The van der Waals surface area contributed by atoms with Crippen LogP contribution in [0, 0.1) is 0 Å². The van der Waals surface area contributed by atoms with Gasteiger partial charge >= 0.3 is 0 Å². The van der Waals surface area contributed by atoms with Gasteiger partial charge in [0.15, 0.2) is 5.13 Å². The van der Waals surface area contributed by atoms with Crippen LogP contribution in [-0.2, 0) is 18.3 Å². The number of carbonyl (C=O) groups excluding carboxylic acids is 1. The lowest BCUT2D eigenvalue weighted by molar-refractivity contribution is 0.102. The first-order chi connectivity index (χ1) is 11.9. The number of nitrogens with one attached hydrogen (secondary N) is 1. The molecule has 1 aromatic carbocycles. The Kier molecular flexibility index (Phi) is 5.13. The molecule has 1 aliphatic carbocycles. The van der Waals surface area contributed by atoms with Gasteiger partial charge in [0.25, 0.3) is 5.91 Å². The van der Waals surface area contributed by atoms with E-state index < -0.39 is 0 Å². The van der Waals surface area contributed by atoms with Gasteiger partial charge in [0.05, 0.1) is 12.7 Å². The molecule has 0 radical (unpaired) electrons. The number of aryl methyl sites for hydroxylation is 2. The third-order valence-corrected chi connectivity index (χ3v) is 5.96. The van der Waals surface area contributed by atoms with E-state index in [2.05, 4.69) is 31.1 Å². The lowest BCUT2D eigenvalue weighted by Gasteiger charge is -2.14. The first-order valence-electron chi connectivity index (χ1n) is 8.86. The maximum absolute atomic E-state index is 12.8.